The van der Waals surface area contributed by atoms with Crippen molar-refractivity contribution >= 4 is 26.8 Å². The molecule has 0 saturated heterocycles. The summed E-state index contributed by atoms with van der Waals surface area (Å²) in [5.74, 6) is 0. The van der Waals surface area contributed by atoms with Crippen LogP contribution in [0.4, 0.5) is 0 Å². The number of fused-ring (bicyclic) bond motifs is 5. The fourth-order valence-electron chi connectivity index (χ4n) is 3.09. The Labute approximate surface area is 113 Å². The Morgan fingerprint density at radius 3 is 2.89 bits per heavy atom. The molecule has 0 amide bonds. The van der Waals surface area contributed by atoms with E-state index in [1.807, 2.05) is 6.20 Å². The molecule has 18 heavy (non-hydrogen) atoms. The van der Waals surface area contributed by atoms with E-state index in [-0.39, 0.29) is 5.41 Å². The van der Waals surface area contributed by atoms with Crippen molar-refractivity contribution in [1.82, 2.24) is 15.2 Å². The summed E-state index contributed by atoms with van der Waals surface area (Å²) in [6.07, 6.45) is 1.94. The van der Waals surface area contributed by atoms with Gasteiger partial charge in [0.1, 0.15) is 0 Å². The lowest BCUT2D eigenvalue weighted by Gasteiger charge is -2.19. The third-order valence-corrected chi connectivity index (χ3v) is 4.44. The molecule has 0 spiro atoms. The molecule has 1 aromatic carbocycles. The molecular weight excluding hydrogens is 290 g/mol. The smallest absolute Gasteiger partial charge is 0.0857 e. The first kappa shape index (κ1) is 10.4. The second-order valence-electron chi connectivity index (χ2n) is 5.35. The Balaban J connectivity index is 2.19. The maximum atomic E-state index is 4.17. The predicted octanol–water partition coefficient (Wildman–Crippen LogP) is 3.96. The highest BCUT2D eigenvalue weighted by Crippen LogP contribution is 2.50. The molecule has 0 unspecified atom stereocenters. The van der Waals surface area contributed by atoms with Crippen LogP contribution in [-0.2, 0) is 5.41 Å². The van der Waals surface area contributed by atoms with E-state index in [2.05, 4.69) is 63.2 Å². The Morgan fingerprint density at radius 1 is 1.22 bits per heavy atom. The number of nitrogens with zero attached hydrogens (tertiary/aromatic N) is 1. The lowest BCUT2D eigenvalue weighted by molar-refractivity contribution is 0.666. The van der Waals surface area contributed by atoms with Gasteiger partial charge in [0.2, 0.25) is 0 Å². The van der Waals surface area contributed by atoms with Crippen molar-refractivity contribution in [3.05, 3.63) is 40.0 Å². The topological polar surface area (TPSA) is 44.5 Å². The predicted molar refractivity (Wildman–Crippen MR) is 75.7 cm³/mol. The van der Waals surface area contributed by atoms with Gasteiger partial charge in [-0.05, 0) is 23.8 Å². The summed E-state index contributed by atoms with van der Waals surface area (Å²) in [5.41, 5.74) is 6.11. The minimum Gasteiger partial charge on any atom is -0.353 e. The van der Waals surface area contributed by atoms with Gasteiger partial charge in [-0.3, -0.25) is 5.10 Å². The molecule has 4 heteroatoms. The van der Waals surface area contributed by atoms with Crippen molar-refractivity contribution in [2.45, 2.75) is 19.3 Å². The van der Waals surface area contributed by atoms with Gasteiger partial charge in [0.15, 0.2) is 0 Å². The van der Waals surface area contributed by atoms with Crippen LogP contribution >= 0.6 is 15.9 Å². The summed E-state index contributed by atoms with van der Waals surface area (Å²) in [7, 11) is 0. The number of benzene rings is 1. The zero-order valence-corrected chi connectivity index (χ0v) is 11.7. The third-order valence-electron chi connectivity index (χ3n) is 3.95. The molecule has 4 rings (SSSR count). The number of nitrogens with one attached hydrogen (secondary N) is 2. The second-order valence-corrected chi connectivity index (χ2v) is 6.26. The number of hydrogen-bond donors (Lipinski definition) is 2. The number of aromatic nitrogens is 3. The van der Waals surface area contributed by atoms with Gasteiger partial charge in [-0.2, -0.15) is 5.10 Å². The lowest BCUT2D eigenvalue weighted by Crippen LogP contribution is -2.14. The van der Waals surface area contributed by atoms with E-state index < -0.39 is 0 Å². The van der Waals surface area contributed by atoms with E-state index in [4.69, 9.17) is 0 Å². The van der Waals surface area contributed by atoms with Crippen LogP contribution in [0.5, 0.6) is 0 Å². The van der Waals surface area contributed by atoms with E-state index in [0.29, 0.717) is 0 Å². The number of aromatic amines is 2. The van der Waals surface area contributed by atoms with Crippen molar-refractivity contribution in [3.8, 4) is 11.4 Å². The highest BCUT2D eigenvalue weighted by Gasteiger charge is 2.40. The quantitative estimate of drug-likeness (QED) is 0.648. The average molecular weight is 302 g/mol. The molecule has 0 fully saturated rings. The van der Waals surface area contributed by atoms with Crippen LogP contribution in [0.3, 0.4) is 0 Å². The molecule has 0 atom stereocenters. The Morgan fingerprint density at radius 2 is 2.06 bits per heavy atom. The molecule has 3 aromatic rings. The van der Waals surface area contributed by atoms with Crippen molar-refractivity contribution in [3.63, 3.8) is 0 Å². The van der Waals surface area contributed by atoms with E-state index in [1.54, 1.807) is 0 Å². The summed E-state index contributed by atoms with van der Waals surface area (Å²) >= 11 is 3.55. The van der Waals surface area contributed by atoms with Gasteiger partial charge in [0, 0.05) is 26.4 Å². The number of H-pyrrole nitrogens is 2. The van der Waals surface area contributed by atoms with Gasteiger partial charge in [0.05, 0.1) is 17.6 Å². The van der Waals surface area contributed by atoms with Gasteiger partial charge in [-0.15, -0.1) is 0 Å². The Hall–Kier alpha value is -1.55. The van der Waals surface area contributed by atoms with E-state index in [1.165, 1.54) is 27.7 Å². The van der Waals surface area contributed by atoms with Gasteiger partial charge >= 0.3 is 0 Å². The van der Waals surface area contributed by atoms with Crippen molar-refractivity contribution in [2.24, 2.45) is 0 Å². The number of rotatable bonds is 0. The maximum absolute atomic E-state index is 4.17. The normalized spacial score (nSPS) is 15.9. The van der Waals surface area contributed by atoms with Crippen molar-refractivity contribution < 1.29 is 0 Å². The molecule has 2 N–H and O–H groups in total. The van der Waals surface area contributed by atoms with Crippen LogP contribution in [0, 0.1) is 0 Å². The summed E-state index contributed by atoms with van der Waals surface area (Å²) in [6.45, 7) is 4.50. The van der Waals surface area contributed by atoms with Crippen molar-refractivity contribution in [2.75, 3.05) is 0 Å². The van der Waals surface area contributed by atoms with Crippen LogP contribution < -0.4 is 0 Å². The van der Waals surface area contributed by atoms with E-state index in [0.717, 1.165) is 10.2 Å². The molecule has 0 bridgehead atoms. The molecule has 1 aliphatic rings. The lowest BCUT2D eigenvalue weighted by atomic mass is 9.83. The van der Waals surface area contributed by atoms with Gasteiger partial charge < -0.3 is 4.98 Å². The molecule has 0 saturated carbocycles. The van der Waals surface area contributed by atoms with Gasteiger partial charge in [-0.1, -0.05) is 29.8 Å². The minimum atomic E-state index is -0.00326. The summed E-state index contributed by atoms with van der Waals surface area (Å²) in [4.78, 5) is 3.51. The standard InChI is InChI=1S/C14H12BrN3/c1-14(2)9-6-16-18-12(9)13-11(14)8-5-7(15)3-4-10(8)17-13/h3-6,17H,1-2H3,(H,16,18). The zero-order valence-electron chi connectivity index (χ0n) is 10.1. The fraction of sp³-hybridized carbons (Fsp3) is 0.214. The number of hydrogen-bond acceptors (Lipinski definition) is 1. The maximum Gasteiger partial charge on any atom is 0.0857 e. The molecule has 2 heterocycles. The largest absolute Gasteiger partial charge is 0.353 e. The van der Waals surface area contributed by atoms with Crippen LogP contribution in [0.15, 0.2) is 28.9 Å². The molecular formula is C14H12BrN3. The highest BCUT2D eigenvalue weighted by atomic mass is 79.9. The minimum absolute atomic E-state index is 0.00326. The zero-order chi connectivity index (χ0) is 12.5. The summed E-state index contributed by atoms with van der Waals surface area (Å²) < 4.78 is 1.11. The van der Waals surface area contributed by atoms with Crippen LogP contribution in [-0.4, -0.2) is 15.2 Å². The van der Waals surface area contributed by atoms with Crippen LogP contribution in [0.25, 0.3) is 22.3 Å². The SMILES string of the molecule is CC1(C)c2cn[nH]c2-c2[nH]c3ccc(Br)cc3c21. The summed E-state index contributed by atoms with van der Waals surface area (Å²) in [5, 5.41) is 8.57. The first-order chi connectivity index (χ1) is 8.59. The van der Waals surface area contributed by atoms with Gasteiger partial charge in [-0.25, -0.2) is 0 Å². The van der Waals surface area contributed by atoms with Gasteiger partial charge in [0.25, 0.3) is 0 Å². The monoisotopic (exact) mass is 301 g/mol. The van der Waals surface area contributed by atoms with Crippen molar-refractivity contribution in [1.29, 1.82) is 0 Å². The van der Waals surface area contributed by atoms with Crippen LogP contribution in [0.1, 0.15) is 25.0 Å². The first-order valence-electron chi connectivity index (χ1n) is 5.95. The van der Waals surface area contributed by atoms with E-state index >= 15 is 0 Å². The number of halogens is 1. The molecule has 3 nitrogen and oxygen atoms in total. The Kier molecular flexibility index (Phi) is 1.77. The van der Waals surface area contributed by atoms with E-state index in [9.17, 15) is 0 Å². The highest BCUT2D eigenvalue weighted by molar-refractivity contribution is 9.10. The molecule has 0 radical (unpaired) electrons. The molecule has 2 aromatic heterocycles. The average Bonchev–Trinajstić information content (AvgIpc) is 2.94. The molecule has 1 aliphatic carbocycles. The summed E-state index contributed by atoms with van der Waals surface area (Å²) in [6, 6.07) is 6.37. The second kappa shape index (κ2) is 3.06. The fourth-order valence-corrected chi connectivity index (χ4v) is 3.45. The first-order valence-corrected chi connectivity index (χ1v) is 6.74. The molecule has 0 aliphatic heterocycles. The van der Waals surface area contributed by atoms with Crippen LogP contribution in [0.2, 0.25) is 0 Å². The third kappa shape index (κ3) is 1.07. The molecule has 90 valence electrons. The Bertz CT molecular complexity index is 780.